The van der Waals surface area contributed by atoms with Crippen molar-refractivity contribution in [3.05, 3.63) is 11.1 Å². The van der Waals surface area contributed by atoms with E-state index < -0.39 is 5.79 Å². The highest BCUT2D eigenvalue weighted by molar-refractivity contribution is 5.92. The number of fused-ring (bicyclic) bond motifs is 1. The van der Waals surface area contributed by atoms with Crippen LogP contribution in [0.15, 0.2) is 11.1 Å². The van der Waals surface area contributed by atoms with Gasteiger partial charge in [-0.2, -0.15) is 0 Å². The van der Waals surface area contributed by atoms with Gasteiger partial charge in [0.05, 0.1) is 6.61 Å². The summed E-state index contributed by atoms with van der Waals surface area (Å²) in [7, 11) is 0. The van der Waals surface area contributed by atoms with E-state index in [4.69, 9.17) is 9.47 Å². The highest BCUT2D eigenvalue weighted by atomic mass is 16.7. The van der Waals surface area contributed by atoms with Gasteiger partial charge in [0.25, 0.3) is 0 Å². The molecule has 1 saturated heterocycles. The first-order valence-electron chi connectivity index (χ1n) is 6.62. The van der Waals surface area contributed by atoms with Crippen LogP contribution in [-0.4, -0.2) is 18.4 Å². The Labute approximate surface area is 102 Å². The molecule has 0 aromatic carbocycles. The quantitative estimate of drug-likeness (QED) is 0.607. The van der Waals surface area contributed by atoms with Crippen LogP contribution in [-0.2, 0) is 14.3 Å². The topological polar surface area (TPSA) is 35.5 Å². The number of hydrogen-bond donors (Lipinski definition) is 0. The molecule has 0 bridgehead atoms. The Morgan fingerprint density at radius 3 is 2.59 bits per heavy atom. The van der Waals surface area contributed by atoms with Crippen LogP contribution in [0, 0.1) is 5.41 Å². The first-order chi connectivity index (χ1) is 8.05. The average molecular weight is 236 g/mol. The third-order valence-electron chi connectivity index (χ3n) is 4.71. The highest BCUT2D eigenvalue weighted by Crippen LogP contribution is 2.51. The van der Waals surface area contributed by atoms with E-state index in [0.717, 1.165) is 24.2 Å². The zero-order valence-corrected chi connectivity index (χ0v) is 10.7. The van der Waals surface area contributed by atoms with Crippen LogP contribution in [0.3, 0.4) is 0 Å². The lowest BCUT2D eigenvalue weighted by Gasteiger charge is -2.45. The summed E-state index contributed by atoms with van der Waals surface area (Å²) in [5.74, 6) is -0.959. The molecule has 2 aliphatic heterocycles. The van der Waals surface area contributed by atoms with E-state index in [1.54, 1.807) is 0 Å². The van der Waals surface area contributed by atoms with E-state index in [-0.39, 0.29) is 11.4 Å². The summed E-state index contributed by atoms with van der Waals surface area (Å²) in [5, 5.41) is 0. The molecule has 1 aliphatic carbocycles. The molecule has 0 aromatic heterocycles. The number of esters is 1. The predicted octanol–water partition coefficient (Wildman–Crippen LogP) is 2.95. The summed E-state index contributed by atoms with van der Waals surface area (Å²) in [6.45, 7) is 4.49. The molecule has 3 heteroatoms. The number of carbonyl (C=O) groups excluding carboxylic acids is 1. The van der Waals surface area contributed by atoms with E-state index in [0.29, 0.717) is 0 Å². The zero-order chi connectivity index (χ0) is 12.1. The van der Waals surface area contributed by atoms with Gasteiger partial charge in [0, 0.05) is 18.1 Å². The van der Waals surface area contributed by atoms with Gasteiger partial charge in [-0.3, -0.25) is 0 Å². The van der Waals surface area contributed by atoms with Crippen molar-refractivity contribution in [3.8, 4) is 0 Å². The van der Waals surface area contributed by atoms with Crippen LogP contribution in [0.1, 0.15) is 52.4 Å². The molecular formula is C14H20O3. The van der Waals surface area contributed by atoms with Crippen molar-refractivity contribution in [2.45, 2.75) is 58.2 Å². The summed E-state index contributed by atoms with van der Waals surface area (Å²) < 4.78 is 11.3. The minimum absolute atomic E-state index is 0.199. The van der Waals surface area contributed by atoms with Gasteiger partial charge in [0.2, 0.25) is 5.79 Å². The zero-order valence-electron chi connectivity index (χ0n) is 10.7. The van der Waals surface area contributed by atoms with Crippen LogP contribution in [0.5, 0.6) is 0 Å². The second kappa shape index (κ2) is 3.58. The average Bonchev–Trinajstić information content (AvgIpc) is 2.54. The van der Waals surface area contributed by atoms with Crippen LogP contribution >= 0.6 is 0 Å². The van der Waals surface area contributed by atoms with Crippen molar-refractivity contribution >= 4 is 5.97 Å². The fourth-order valence-electron chi connectivity index (χ4n) is 3.53. The molecule has 1 atom stereocenters. The molecule has 0 N–H and O–H groups in total. The van der Waals surface area contributed by atoms with Gasteiger partial charge < -0.3 is 9.47 Å². The van der Waals surface area contributed by atoms with Crippen molar-refractivity contribution in [1.82, 2.24) is 0 Å². The Balaban J connectivity index is 1.91. The van der Waals surface area contributed by atoms with Crippen LogP contribution in [0.25, 0.3) is 0 Å². The molecule has 1 saturated carbocycles. The first-order valence-corrected chi connectivity index (χ1v) is 6.62. The minimum atomic E-state index is -0.760. The lowest BCUT2D eigenvalue weighted by molar-refractivity contribution is -0.221. The van der Waals surface area contributed by atoms with E-state index in [2.05, 4.69) is 0 Å². The maximum atomic E-state index is 11.7. The smallest absolute Gasteiger partial charge is 0.336 e. The van der Waals surface area contributed by atoms with Crippen molar-refractivity contribution < 1.29 is 14.3 Å². The SMILES string of the molecule is CC1=C2CC3(CCCCC3)CO[C@@]2(C)OC1=O. The van der Waals surface area contributed by atoms with E-state index >= 15 is 0 Å². The Hall–Kier alpha value is -0.830. The van der Waals surface area contributed by atoms with Crippen LogP contribution in [0.4, 0.5) is 0 Å². The summed E-state index contributed by atoms with van der Waals surface area (Å²) >= 11 is 0. The first kappa shape index (κ1) is 11.3. The predicted molar refractivity (Wildman–Crippen MR) is 63.3 cm³/mol. The molecule has 3 nitrogen and oxygen atoms in total. The third-order valence-corrected chi connectivity index (χ3v) is 4.71. The van der Waals surface area contributed by atoms with Crippen molar-refractivity contribution in [3.63, 3.8) is 0 Å². The summed E-state index contributed by atoms with van der Waals surface area (Å²) in [6, 6.07) is 0. The molecule has 1 spiro atoms. The van der Waals surface area contributed by atoms with Gasteiger partial charge in [0.15, 0.2) is 0 Å². The van der Waals surface area contributed by atoms with E-state index in [1.165, 1.54) is 32.1 Å². The lowest BCUT2D eigenvalue weighted by atomic mass is 9.68. The second-order valence-corrected chi connectivity index (χ2v) is 5.96. The Kier molecular flexibility index (Phi) is 2.37. The number of carbonyl (C=O) groups is 1. The van der Waals surface area contributed by atoms with Gasteiger partial charge in [-0.25, -0.2) is 4.79 Å². The van der Waals surface area contributed by atoms with Gasteiger partial charge in [0.1, 0.15) is 0 Å². The Morgan fingerprint density at radius 1 is 1.18 bits per heavy atom. The molecule has 0 aromatic rings. The molecule has 17 heavy (non-hydrogen) atoms. The van der Waals surface area contributed by atoms with Gasteiger partial charge in [-0.1, -0.05) is 19.3 Å². The molecule has 3 rings (SSSR count). The van der Waals surface area contributed by atoms with Crippen molar-refractivity contribution in [2.24, 2.45) is 5.41 Å². The number of ether oxygens (including phenoxy) is 2. The van der Waals surface area contributed by atoms with Crippen LogP contribution in [0.2, 0.25) is 0 Å². The maximum Gasteiger partial charge on any atom is 0.336 e. The molecule has 2 heterocycles. The molecule has 2 fully saturated rings. The summed E-state index contributed by atoms with van der Waals surface area (Å²) in [5.41, 5.74) is 2.15. The van der Waals surface area contributed by atoms with Gasteiger partial charge in [-0.05, 0) is 31.6 Å². The monoisotopic (exact) mass is 236 g/mol. The Bertz CT molecular complexity index is 390. The van der Waals surface area contributed by atoms with E-state index in [9.17, 15) is 4.79 Å². The number of rotatable bonds is 0. The molecular weight excluding hydrogens is 216 g/mol. The largest absolute Gasteiger partial charge is 0.426 e. The van der Waals surface area contributed by atoms with Crippen molar-refractivity contribution in [2.75, 3.05) is 6.61 Å². The minimum Gasteiger partial charge on any atom is -0.426 e. The Morgan fingerprint density at radius 2 is 1.88 bits per heavy atom. The molecule has 3 aliphatic rings. The molecule has 0 radical (unpaired) electrons. The summed E-state index contributed by atoms with van der Waals surface area (Å²) in [6.07, 6.45) is 7.37. The van der Waals surface area contributed by atoms with Gasteiger partial charge >= 0.3 is 5.97 Å². The van der Waals surface area contributed by atoms with Crippen LogP contribution < -0.4 is 0 Å². The lowest BCUT2D eigenvalue weighted by Crippen LogP contribution is -2.45. The van der Waals surface area contributed by atoms with Crippen molar-refractivity contribution in [1.29, 1.82) is 0 Å². The summed E-state index contributed by atoms with van der Waals surface area (Å²) in [4.78, 5) is 11.7. The molecule has 94 valence electrons. The highest BCUT2D eigenvalue weighted by Gasteiger charge is 2.51. The second-order valence-electron chi connectivity index (χ2n) is 5.96. The standard InChI is InChI=1S/C14H20O3/c1-10-11-8-14(6-4-3-5-7-14)9-16-13(11,2)17-12(10)15/h3-9H2,1-2H3/t13-/m0/s1. The van der Waals surface area contributed by atoms with E-state index in [1.807, 2.05) is 13.8 Å². The third kappa shape index (κ3) is 1.63. The molecule has 0 amide bonds. The maximum absolute atomic E-state index is 11.7. The fraction of sp³-hybridized carbons (Fsp3) is 0.786. The van der Waals surface area contributed by atoms with Gasteiger partial charge in [-0.15, -0.1) is 0 Å². The molecule has 0 unspecified atom stereocenters. The fourth-order valence-corrected chi connectivity index (χ4v) is 3.53. The number of hydrogen-bond acceptors (Lipinski definition) is 3. The normalized spacial score (nSPS) is 36.0.